The zero-order chi connectivity index (χ0) is 22.6. The molecule has 31 heavy (non-hydrogen) atoms. The molecule has 1 atom stereocenters. The van der Waals surface area contributed by atoms with Crippen LogP contribution in [0, 0.1) is 5.41 Å². The number of para-hydroxylation sites is 1. The van der Waals surface area contributed by atoms with Crippen molar-refractivity contribution in [2.24, 2.45) is 15.4 Å². The molecule has 0 unspecified atom stereocenters. The Hall–Kier alpha value is -2.42. The highest BCUT2D eigenvalue weighted by Gasteiger charge is 2.28. The topological polar surface area (TPSA) is 34.0 Å². The second kappa shape index (κ2) is 9.80. The molecule has 0 radical (unpaired) electrons. The van der Waals surface area contributed by atoms with E-state index in [1.807, 2.05) is 6.07 Å². The lowest BCUT2D eigenvalue weighted by Gasteiger charge is -2.26. The van der Waals surface area contributed by atoms with Gasteiger partial charge in [0.05, 0.1) is 18.3 Å². The molecule has 2 aromatic carbocycles. The van der Waals surface area contributed by atoms with Crippen LogP contribution >= 0.6 is 0 Å². The molecule has 0 aliphatic carbocycles. The fourth-order valence-corrected chi connectivity index (χ4v) is 4.03. The minimum atomic E-state index is 0.0830. The molecule has 2 aromatic rings. The van der Waals surface area contributed by atoms with Crippen LogP contribution in [0.3, 0.4) is 0 Å². The molecular formula is C28H38N2O. The molecule has 3 heteroatoms. The van der Waals surface area contributed by atoms with Gasteiger partial charge in [-0.3, -0.25) is 0 Å². The fraction of sp³-hybridized carbons (Fsp3) is 0.500. The molecule has 1 aliphatic heterocycles. The summed E-state index contributed by atoms with van der Waals surface area (Å²) in [4.78, 5) is 10.4. The van der Waals surface area contributed by atoms with Crippen LogP contribution in [0.15, 0.2) is 58.5 Å². The van der Waals surface area contributed by atoms with Crippen LogP contribution in [0.4, 0.5) is 5.69 Å². The molecule has 0 N–H and O–H groups in total. The van der Waals surface area contributed by atoms with Crippen molar-refractivity contribution in [1.82, 2.24) is 0 Å². The molecule has 0 spiro atoms. The Morgan fingerprint density at radius 3 is 2.10 bits per heavy atom. The molecule has 3 rings (SSSR count). The lowest BCUT2D eigenvalue weighted by Crippen LogP contribution is -2.27. The van der Waals surface area contributed by atoms with E-state index in [1.165, 1.54) is 11.1 Å². The molecule has 0 saturated heterocycles. The standard InChI is InChI=1S/C28H38N2O/c1-19(2)22-15-11-16-23(20(3)4)26(22)30-25(21-13-9-8-10-14-21)27-29-24(28(5,6)7)17-12-18-31-27/h8-11,13-16,19-20,24H,12,17-18H2,1-7H3/b30-25+/t24-/m1/s1. The van der Waals surface area contributed by atoms with Crippen LogP contribution in [0.25, 0.3) is 0 Å². The summed E-state index contributed by atoms with van der Waals surface area (Å²) in [6, 6.07) is 17.1. The minimum Gasteiger partial charge on any atom is -0.476 e. The SMILES string of the molecule is CC(C)c1cccc(C(C)C)c1/N=C(/C1=N[C@@H](C(C)(C)C)CCCO1)c1ccccc1. The van der Waals surface area contributed by atoms with Gasteiger partial charge in [0.15, 0.2) is 0 Å². The quantitative estimate of drug-likeness (QED) is 0.458. The maximum atomic E-state index is 6.24. The van der Waals surface area contributed by atoms with E-state index < -0.39 is 0 Å². The third-order valence-corrected chi connectivity index (χ3v) is 5.95. The second-order valence-electron chi connectivity index (χ2n) is 10.2. The second-order valence-corrected chi connectivity index (χ2v) is 10.2. The van der Waals surface area contributed by atoms with E-state index in [2.05, 4.69) is 90.9 Å². The molecule has 0 amide bonds. The Labute approximate surface area is 188 Å². The Kier molecular flexibility index (Phi) is 7.35. The van der Waals surface area contributed by atoms with Gasteiger partial charge in [-0.1, -0.05) is 97.0 Å². The molecular weight excluding hydrogens is 380 g/mol. The fourth-order valence-electron chi connectivity index (χ4n) is 4.03. The summed E-state index contributed by atoms with van der Waals surface area (Å²) in [6.45, 7) is 16.4. The Bertz CT molecular complexity index is 907. The maximum absolute atomic E-state index is 6.24. The number of hydrogen-bond acceptors (Lipinski definition) is 3. The van der Waals surface area contributed by atoms with Crippen LogP contribution in [-0.4, -0.2) is 24.3 Å². The van der Waals surface area contributed by atoms with Crippen LogP contribution in [0.2, 0.25) is 0 Å². The first-order valence-electron chi connectivity index (χ1n) is 11.7. The van der Waals surface area contributed by atoms with Crippen LogP contribution in [0.1, 0.15) is 89.8 Å². The van der Waals surface area contributed by atoms with Gasteiger partial charge in [-0.2, -0.15) is 0 Å². The van der Waals surface area contributed by atoms with Gasteiger partial charge in [-0.05, 0) is 41.2 Å². The number of nitrogens with zero attached hydrogens (tertiary/aromatic N) is 2. The van der Waals surface area contributed by atoms with Crippen molar-refractivity contribution in [2.75, 3.05) is 6.61 Å². The van der Waals surface area contributed by atoms with E-state index in [0.717, 1.165) is 29.8 Å². The van der Waals surface area contributed by atoms with Crippen molar-refractivity contribution >= 4 is 17.3 Å². The maximum Gasteiger partial charge on any atom is 0.236 e. The predicted molar refractivity (Wildman–Crippen MR) is 133 cm³/mol. The van der Waals surface area contributed by atoms with Crippen LogP contribution in [0.5, 0.6) is 0 Å². The van der Waals surface area contributed by atoms with Gasteiger partial charge in [-0.15, -0.1) is 0 Å². The number of benzene rings is 2. The number of aliphatic imine (C=N–C) groups is 2. The lowest BCUT2D eigenvalue weighted by atomic mass is 9.84. The van der Waals surface area contributed by atoms with Crippen molar-refractivity contribution in [3.63, 3.8) is 0 Å². The lowest BCUT2D eigenvalue weighted by molar-refractivity contribution is 0.288. The molecule has 1 aliphatic rings. The summed E-state index contributed by atoms with van der Waals surface area (Å²) < 4.78 is 6.24. The van der Waals surface area contributed by atoms with Gasteiger partial charge in [0.1, 0.15) is 5.71 Å². The summed E-state index contributed by atoms with van der Waals surface area (Å²) in [5.41, 5.74) is 5.56. The minimum absolute atomic E-state index is 0.0830. The first kappa shape index (κ1) is 23.2. The van der Waals surface area contributed by atoms with Gasteiger partial charge in [0.2, 0.25) is 5.90 Å². The molecule has 166 valence electrons. The smallest absolute Gasteiger partial charge is 0.236 e. The zero-order valence-corrected chi connectivity index (χ0v) is 20.3. The van der Waals surface area contributed by atoms with E-state index in [-0.39, 0.29) is 11.5 Å². The zero-order valence-electron chi connectivity index (χ0n) is 20.3. The van der Waals surface area contributed by atoms with Crippen molar-refractivity contribution in [2.45, 2.75) is 79.2 Å². The van der Waals surface area contributed by atoms with Crippen LogP contribution in [-0.2, 0) is 4.74 Å². The molecule has 0 fully saturated rings. The molecule has 3 nitrogen and oxygen atoms in total. The van der Waals surface area contributed by atoms with Gasteiger partial charge in [0.25, 0.3) is 0 Å². The van der Waals surface area contributed by atoms with Gasteiger partial charge < -0.3 is 4.74 Å². The van der Waals surface area contributed by atoms with E-state index in [9.17, 15) is 0 Å². The summed E-state index contributed by atoms with van der Waals surface area (Å²) in [7, 11) is 0. The summed E-state index contributed by atoms with van der Waals surface area (Å²) in [5.74, 6) is 1.44. The third-order valence-electron chi connectivity index (χ3n) is 5.95. The van der Waals surface area contributed by atoms with Crippen molar-refractivity contribution in [3.8, 4) is 0 Å². The Morgan fingerprint density at radius 1 is 0.935 bits per heavy atom. The predicted octanol–water partition coefficient (Wildman–Crippen LogP) is 7.68. The summed E-state index contributed by atoms with van der Waals surface area (Å²) in [6.07, 6.45) is 2.05. The Balaban J connectivity index is 2.25. The largest absolute Gasteiger partial charge is 0.476 e. The number of ether oxygens (including phenoxy) is 1. The van der Waals surface area contributed by atoms with Crippen LogP contribution < -0.4 is 0 Å². The average Bonchev–Trinajstić information content (AvgIpc) is 2.98. The molecule has 1 heterocycles. The monoisotopic (exact) mass is 418 g/mol. The molecule has 0 saturated carbocycles. The number of rotatable bonds is 5. The highest BCUT2D eigenvalue weighted by molar-refractivity contribution is 6.46. The van der Waals surface area contributed by atoms with E-state index in [1.54, 1.807) is 0 Å². The van der Waals surface area contributed by atoms with Crippen molar-refractivity contribution in [1.29, 1.82) is 0 Å². The highest BCUT2D eigenvalue weighted by atomic mass is 16.5. The average molecular weight is 419 g/mol. The van der Waals surface area contributed by atoms with E-state index >= 15 is 0 Å². The first-order valence-corrected chi connectivity index (χ1v) is 11.7. The molecule has 0 bridgehead atoms. The first-order chi connectivity index (χ1) is 14.7. The number of hydrogen-bond donors (Lipinski definition) is 0. The van der Waals surface area contributed by atoms with Gasteiger partial charge >= 0.3 is 0 Å². The van der Waals surface area contributed by atoms with Crippen molar-refractivity contribution < 1.29 is 4.74 Å². The highest BCUT2D eigenvalue weighted by Crippen LogP contribution is 2.36. The van der Waals surface area contributed by atoms with Gasteiger partial charge in [0, 0.05) is 5.56 Å². The summed E-state index contributed by atoms with van der Waals surface area (Å²) >= 11 is 0. The normalized spacial score (nSPS) is 18.0. The Morgan fingerprint density at radius 2 is 1.55 bits per heavy atom. The van der Waals surface area contributed by atoms with E-state index in [0.29, 0.717) is 24.3 Å². The van der Waals surface area contributed by atoms with E-state index in [4.69, 9.17) is 14.7 Å². The molecule has 0 aromatic heterocycles. The third kappa shape index (κ3) is 5.64. The summed E-state index contributed by atoms with van der Waals surface area (Å²) in [5, 5.41) is 0. The van der Waals surface area contributed by atoms with Crippen molar-refractivity contribution in [3.05, 3.63) is 65.2 Å². The van der Waals surface area contributed by atoms with Gasteiger partial charge in [-0.25, -0.2) is 9.98 Å².